The molecule has 5 heteroatoms. The van der Waals surface area contributed by atoms with E-state index < -0.39 is 11.9 Å². The number of hydrogen-bond donors (Lipinski definition) is 2. The number of fused-ring (bicyclic) bond motifs is 1. The SMILES string of the molecule is CC(C)NCC(=O)N1CC(C(=O)O)c2ccccc21. The van der Waals surface area contributed by atoms with Crippen molar-refractivity contribution < 1.29 is 14.7 Å². The van der Waals surface area contributed by atoms with Gasteiger partial charge in [-0.25, -0.2) is 0 Å². The Morgan fingerprint density at radius 3 is 2.74 bits per heavy atom. The smallest absolute Gasteiger partial charge is 0.312 e. The van der Waals surface area contributed by atoms with E-state index in [4.69, 9.17) is 0 Å². The molecule has 0 saturated carbocycles. The van der Waals surface area contributed by atoms with Gasteiger partial charge in [0.05, 0.1) is 6.54 Å². The lowest BCUT2D eigenvalue weighted by Gasteiger charge is -2.18. The zero-order valence-electron chi connectivity index (χ0n) is 11.1. The molecule has 0 saturated heterocycles. The Balaban J connectivity index is 2.20. The predicted molar refractivity (Wildman–Crippen MR) is 72.3 cm³/mol. The summed E-state index contributed by atoms with van der Waals surface area (Å²) in [5, 5.41) is 12.3. The third-order valence-corrected chi connectivity index (χ3v) is 3.23. The van der Waals surface area contributed by atoms with E-state index in [1.165, 1.54) is 0 Å². The van der Waals surface area contributed by atoms with Crippen LogP contribution in [0.15, 0.2) is 24.3 Å². The summed E-state index contributed by atoms with van der Waals surface area (Å²) in [4.78, 5) is 25.0. The highest BCUT2D eigenvalue weighted by Crippen LogP contribution is 2.36. The van der Waals surface area contributed by atoms with Gasteiger partial charge in [-0.05, 0) is 11.6 Å². The van der Waals surface area contributed by atoms with Crippen molar-refractivity contribution in [3.8, 4) is 0 Å². The number of carbonyl (C=O) groups excluding carboxylic acids is 1. The molecule has 1 atom stereocenters. The van der Waals surface area contributed by atoms with E-state index in [1.807, 2.05) is 19.9 Å². The number of carboxylic acid groups (broad SMARTS) is 1. The van der Waals surface area contributed by atoms with Gasteiger partial charge < -0.3 is 15.3 Å². The number of aliphatic carboxylic acids is 1. The summed E-state index contributed by atoms with van der Waals surface area (Å²) in [6.45, 7) is 4.36. The first-order valence-corrected chi connectivity index (χ1v) is 6.36. The third-order valence-electron chi connectivity index (χ3n) is 3.23. The second kappa shape index (κ2) is 5.40. The molecule has 0 aromatic heterocycles. The summed E-state index contributed by atoms with van der Waals surface area (Å²) in [5.41, 5.74) is 1.43. The average molecular weight is 262 g/mol. The zero-order valence-corrected chi connectivity index (χ0v) is 11.1. The second-order valence-corrected chi connectivity index (χ2v) is 4.99. The van der Waals surface area contributed by atoms with Crippen LogP contribution >= 0.6 is 0 Å². The van der Waals surface area contributed by atoms with Crippen molar-refractivity contribution >= 4 is 17.6 Å². The Morgan fingerprint density at radius 2 is 2.11 bits per heavy atom. The van der Waals surface area contributed by atoms with Crippen molar-refractivity contribution in [3.63, 3.8) is 0 Å². The van der Waals surface area contributed by atoms with Crippen molar-refractivity contribution in [1.29, 1.82) is 0 Å². The molecule has 1 unspecified atom stereocenters. The molecule has 102 valence electrons. The van der Waals surface area contributed by atoms with E-state index in [1.54, 1.807) is 23.1 Å². The molecule has 0 aliphatic carbocycles. The number of rotatable bonds is 4. The minimum absolute atomic E-state index is 0.0927. The van der Waals surface area contributed by atoms with Crippen LogP contribution in [0.5, 0.6) is 0 Å². The van der Waals surface area contributed by atoms with Crippen LogP contribution in [0, 0.1) is 0 Å². The van der Waals surface area contributed by atoms with Gasteiger partial charge in [0.25, 0.3) is 0 Å². The van der Waals surface area contributed by atoms with Gasteiger partial charge in [-0.2, -0.15) is 0 Å². The Kier molecular flexibility index (Phi) is 3.85. The monoisotopic (exact) mass is 262 g/mol. The first-order chi connectivity index (χ1) is 9.00. The highest BCUT2D eigenvalue weighted by Gasteiger charge is 2.35. The molecule has 1 amide bonds. The Morgan fingerprint density at radius 1 is 1.42 bits per heavy atom. The highest BCUT2D eigenvalue weighted by atomic mass is 16.4. The number of carbonyl (C=O) groups is 2. The summed E-state index contributed by atoms with van der Waals surface area (Å²) in [7, 11) is 0. The van der Waals surface area contributed by atoms with Crippen LogP contribution in [0.3, 0.4) is 0 Å². The zero-order chi connectivity index (χ0) is 14.0. The Labute approximate surface area is 112 Å². The van der Waals surface area contributed by atoms with Gasteiger partial charge in [-0.3, -0.25) is 9.59 Å². The fourth-order valence-corrected chi connectivity index (χ4v) is 2.24. The topological polar surface area (TPSA) is 69.6 Å². The van der Waals surface area contributed by atoms with Gasteiger partial charge >= 0.3 is 5.97 Å². The lowest BCUT2D eigenvalue weighted by Crippen LogP contribution is -2.40. The molecule has 0 bridgehead atoms. The van der Waals surface area contributed by atoms with E-state index >= 15 is 0 Å². The predicted octanol–water partition coefficient (Wildman–Crippen LogP) is 1.20. The normalized spacial score (nSPS) is 17.6. The van der Waals surface area contributed by atoms with Gasteiger partial charge in [0, 0.05) is 18.3 Å². The van der Waals surface area contributed by atoms with E-state index in [9.17, 15) is 14.7 Å². The average Bonchev–Trinajstić information content (AvgIpc) is 2.75. The van der Waals surface area contributed by atoms with Crippen LogP contribution < -0.4 is 10.2 Å². The number of nitrogens with one attached hydrogen (secondary N) is 1. The summed E-state index contributed by atoms with van der Waals surface area (Å²) in [6, 6.07) is 7.41. The molecule has 1 aromatic carbocycles. The van der Waals surface area contributed by atoms with Crippen molar-refractivity contribution in [3.05, 3.63) is 29.8 Å². The largest absolute Gasteiger partial charge is 0.481 e. The molecule has 0 fully saturated rings. The summed E-state index contributed by atoms with van der Waals surface area (Å²) < 4.78 is 0. The Bertz CT molecular complexity index is 499. The number of anilines is 1. The second-order valence-electron chi connectivity index (χ2n) is 4.99. The molecular weight excluding hydrogens is 244 g/mol. The minimum Gasteiger partial charge on any atom is -0.481 e. The van der Waals surface area contributed by atoms with Gasteiger partial charge in [0.15, 0.2) is 0 Å². The molecule has 1 aliphatic heterocycles. The fraction of sp³-hybridized carbons (Fsp3) is 0.429. The van der Waals surface area contributed by atoms with Crippen LogP contribution in [0.2, 0.25) is 0 Å². The maximum Gasteiger partial charge on any atom is 0.312 e. The molecule has 0 spiro atoms. The molecule has 2 N–H and O–H groups in total. The number of carboxylic acids is 1. The maximum atomic E-state index is 12.2. The first kappa shape index (κ1) is 13.5. The molecule has 2 rings (SSSR count). The van der Waals surface area contributed by atoms with E-state index in [-0.39, 0.29) is 25.0 Å². The standard InChI is InChI=1S/C14H18N2O3/c1-9(2)15-7-13(17)16-8-11(14(18)19)10-5-3-4-6-12(10)16/h3-6,9,11,15H,7-8H2,1-2H3,(H,18,19). The lowest BCUT2D eigenvalue weighted by atomic mass is 10.0. The number of nitrogens with zero attached hydrogens (tertiary/aromatic N) is 1. The van der Waals surface area contributed by atoms with Crippen LogP contribution in [-0.4, -0.2) is 36.1 Å². The van der Waals surface area contributed by atoms with Crippen molar-refractivity contribution in [2.24, 2.45) is 0 Å². The molecule has 1 heterocycles. The number of amides is 1. The number of benzene rings is 1. The van der Waals surface area contributed by atoms with Gasteiger partial charge in [-0.15, -0.1) is 0 Å². The summed E-state index contributed by atoms with van der Waals surface area (Å²) in [5.74, 6) is -1.61. The van der Waals surface area contributed by atoms with Crippen molar-refractivity contribution in [2.75, 3.05) is 18.0 Å². The molecule has 5 nitrogen and oxygen atoms in total. The Hall–Kier alpha value is -1.88. The lowest BCUT2D eigenvalue weighted by molar-refractivity contribution is -0.138. The quantitative estimate of drug-likeness (QED) is 0.855. The first-order valence-electron chi connectivity index (χ1n) is 6.36. The van der Waals surface area contributed by atoms with E-state index in [2.05, 4.69) is 5.32 Å². The van der Waals surface area contributed by atoms with Gasteiger partial charge in [-0.1, -0.05) is 32.0 Å². The highest BCUT2D eigenvalue weighted by molar-refractivity contribution is 5.99. The van der Waals surface area contributed by atoms with Gasteiger partial charge in [0.2, 0.25) is 5.91 Å². The molecular formula is C14H18N2O3. The summed E-state index contributed by atoms with van der Waals surface area (Å²) in [6.07, 6.45) is 0. The summed E-state index contributed by atoms with van der Waals surface area (Å²) >= 11 is 0. The molecule has 1 aromatic rings. The minimum atomic E-state index is -0.889. The van der Waals surface area contributed by atoms with E-state index in [0.717, 1.165) is 0 Å². The number of para-hydroxylation sites is 1. The van der Waals surface area contributed by atoms with E-state index in [0.29, 0.717) is 11.3 Å². The van der Waals surface area contributed by atoms with Crippen LogP contribution in [0.25, 0.3) is 0 Å². The molecule has 0 radical (unpaired) electrons. The third kappa shape index (κ3) is 2.76. The van der Waals surface area contributed by atoms with Crippen molar-refractivity contribution in [1.82, 2.24) is 5.32 Å². The number of hydrogen-bond acceptors (Lipinski definition) is 3. The molecule has 19 heavy (non-hydrogen) atoms. The van der Waals surface area contributed by atoms with Gasteiger partial charge in [0.1, 0.15) is 5.92 Å². The van der Waals surface area contributed by atoms with Crippen LogP contribution in [0.4, 0.5) is 5.69 Å². The molecule has 1 aliphatic rings. The van der Waals surface area contributed by atoms with Crippen molar-refractivity contribution in [2.45, 2.75) is 25.8 Å². The maximum absolute atomic E-state index is 12.2. The fourth-order valence-electron chi connectivity index (χ4n) is 2.24. The van der Waals surface area contributed by atoms with Crippen LogP contribution in [-0.2, 0) is 9.59 Å². The van der Waals surface area contributed by atoms with Crippen LogP contribution in [0.1, 0.15) is 25.3 Å².